The minimum absolute atomic E-state index is 0.203. The van der Waals surface area contributed by atoms with E-state index in [1.54, 1.807) is 12.1 Å². The van der Waals surface area contributed by atoms with Gasteiger partial charge < -0.3 is 13.9 Å². The Balaban J connectivity index is 1.75. The Kier molecular flexibility index (Phi) is 6.13. The van der Waals surface area contributed by atoms with Crippen LogP contribution in [0.4, 0.5) is 0 Å². The molecular weight excluding hydrogens is 412 g/mol. The number of fused-ring (bicyclic) bond motifs is 1. The fraction of sp³-hybridized carbons (Fsp3) is 0.200. The fourth-order valence-corrected chi connectivity index (χ4v) is 2.92. The van der Waals surface area contributed by atoms with Crippen LogP contribution in [0, 0.1) is 0 Å². The van der Waals surface area contributed by atoms with Gasteiger partial charge in [0.25, 0.3) is 0 Å². The number of furan rings is 1. The molecule has 0 saturated heterocycles. The first-order chi connectivity index (χ1) is 13.1. The van der Waals surface area contributed by atoms with Gasteiger partial charge in [0.05, 0.1) is 19.4 Å². The number of nitrogens with zero attached hydrogens (tertiary/aromatic N) is 1. The number of hydrogen-bond acceptors (Lipinski definition) is 5. The van der Waals surface area contributed by atoms with E-state index in [0.29, 0.717) is 30.3 Å². The van der Waals surface area contributed by atoms with Gasteiger partial charge in [0.1, 0.15) is 5.58 Å². The SMILES string of the molecule is CCOc1cc(Br)c(C=NNC(=O)c2cc3ccccc3o2)cc1OCC. The van der Waals surface area contributed by atoms with Crippen LogP contribution in [0.25, 0.3) is 11.0 Å². The second-order valence-corrected chi connectivity index (χ2v) is 6.39. The second kappa shape index (κ2) is 8.73. The van der Waals surface area contributed by atoms with Crippen LogP contribution in [-0.2, 0) is 0 Å². The van der Waals surface area contributed by atoms with Gasteiger partial charge in [-0.1, -0.05) is 18.2 Å². The molecule has 3 rings (SSSR count). The van der Waals surface area contributed by atoms with Crippen LogP contribution in [0.3, 0.4) is 0 Å². The molecule has 0 aliphatic rings. The van der Waals surface area contributed by atoms with Gasteiger partial charge in [-0.2, -0.15) is 5.10 Å². The average Bonchev–Trinajstić information content (AvgIpc) is 3.09. The highest BCUT2D eigenvalue weighted by Gasteiger charge is 2.12. The standard InChI is InChI=1S/C20H19BrN2O4/c1-3-25-17-10-14(15(21)11-18(17)26-4-2)12-22-23-20(24)19-9-13-7-5-6-8-16(13)27-19/h5-12H,3-4H2,1-2H3,(H,23,24). The van der Waals surface area contributed by atoms with Crippen LogP contribution in [0.5, 0.6) is 11.5 Å². The summed E-state index contributed by atoms with van der Waals surface area (Å²) < 4.78 is 17.5. The summed E-state index contributed by atoms with van der Waals surface area (Å²) in [5.74, 6) is 1.05. The van der Waals surface area contributed by atoms with Gasteiger partial charge in [-0.15, -0.1) is 0 Å². The number of hydrogen-bond donors (Lipinski definition) is 1. The van der Waals surface area contributed by atoms with Crippen molar-refractivity contribution in [2.75, 3.05) is 13.2 Å². The van der Waals surface area contributed by atoms with E-state index in [4.69, 9.17) is 13.9 Å². The zero-order valence-corrected chi connectivity index (χ0v) is 16.6. The van der Waals surface area contributed by atoms with Crippen molar-refractivity contribution >= 4 is 39.0 Å². The summed E-state index contributed by atoms with van der Waals surface area (Å²) in [7, 11) is 0. The number of benzene rings is 2. The number of nitrogens with one attached hydrogen (secondary N) is 1. The molecule has 0 bridgehead atoms. The fourth-order valence-electron chi connectivity index (χ4n) is 2.50. The van der Waals surface area contributed by atoms with E-state index in [-0.39, 0.29) is 5.76 Å². The topological polar surface area (TPSA) is 73.1 Å². The van der Waals surface area contributed by atoms with E-state index >= 15 is 0 Å². The number of para-hydroxylation sites is 1. The average molecular weight is 431 g/mol. The molecule has 0 aliphatic carbocycles. The predicted molar refractivity (Wildman–Crippen MR) is 108 cm³/mol. The summed E-state index contributed by atoms with van der Waals surface area (Å²) in [5, 5.41) is 4.88. The normalized spacial score (nSPS) is 11.1. The Morgan fingerprint density at radius 3 is 2.56 bits per heavy atom. The molecular formula is C20H19BrN2O4. The van der Waals surface area contributed by atoms with Gasteiger partial charge in [0.2, 0.25) is 0 Å². The van der Waals surface area contributed by atoms with Crippen LogP contribution in [0.15, 0.2) is 56.5 Å². The number of ether oxygens (including phenoxy) is 2. The lowest BCUT2D eigenvalue weighted by Crippen LogP contribution is -2.16. The van der Waals surface area contributed by atoms with Gasteiger partial charge in [0, 0.05) is 15.4 Å². The molecule has 3 aromatic rings. The molecule has 7 heteroatoms. The molecule has 0 fully saturated rings. The molecule has 140 valence electrons. The van der Waals surface area contributed by atoms with Crippen molar-refractivity contribution < 1.29 is 18.7 Å². The summed E-state index contributed by atoms with van der Waals surface area (Å²) >= 11 is 3.48. The quantitative estimate of drug-likeness (QED) is 0.433. The first-order valence-corrected chi connectivity index (χ1v) is 9.32. The summed E-state index contributed by atoms with van der Waals surface area (Å²) in [6.07, 6.45) is 1.53. The molecule has 1 aromatic heterocycles. The van der Waals surface area contributed by atoms with E-state index in [0.717, 1.165) is 15.4 Å². The van der Waals surface area contributed by atoms with Crippen LogP contribution in [0.2, 0.25) is 0 Å². The lowest BCUT2D eigenvalue weighted by atomic mass is 10.2. The summed E-state index contributed by atoms with van der Waals surface area (Å²) in [4.78, 5) is 12.2. The minimum Gasteiger partial charge on any atom is -0.490 e. The van der Waals surface area contributed by atoms with Crippen molar-refractivity contribution in [3.63, 3.8) is 0 Å². The van der Waals surface area contributed by atoms with Crippen molar-refractivity contribution in [1.29, 1.82) is 0 Å². The number of carbonyl (C=O) groups excluding carboxylic acids is 1. The van der Waals surface area contributed by atoms with Crippen molar-refractivity contribution in [2.45, 2.75) is 13.8 Å². The Bertz CT molecular complexity index is 948. The molecule has 1 N–H and O–H groups in total. The summed E-state index contributed by atoms with van der Waals surface area (Å²) in [6, 6.07) is 12.7. The Labute approximate surface area is 165 Å². The van der Waals surface area contributed by atoms with Gasteiger partial charge in [-0.05, 0) is 54.0 Å². The van der Waals surface area contributed by atoms with Gasteiger partial charge in [0.15, 0.2) is 17.3 Å². The first kappa shape index (κ1) is 19.0. The van der Waals surface area contributed by atoms with Gasteiger partial charge in [-0.3, -0.25) is 4.79 Å². The summed E-state index contributed by atoms with van der Waals surface area (Å²) in [6.45, 7) is 4.86. The van der Waals surface area contributed by atoms with Gasteiger partial charge >= 0.3 is 5.91 Å². The number of halogens is 1. The molecule has 0 unspecified atom stereocenters. The Morgan fingerprint density at radius 2 is 1.85 bits per heavy atom. The minimum atomic E-state index is -0.422. The number of carbonyl (C=O) groups is 1. The maximum absolute atomic E-state index is 12.2. The highest BCUT2D eigenvalue weighted by Crippen LogP contribution is 2.33. The smallest absolute Gasteiger partial charge is 0.307 e. The van der Waals surface area contributed by atoms with Crippen LogP contribution < -0.4 is 14.9 Å². The van der Waals surface area contributed by atoms with Crippen molar-refractivity contribution in [1.82, 2.24) is 5.43 Å². The van der Waals surface area contributed by atoms with E-state index in [9.17, 15) is 4.79 Å². The lowest BCUT2D eigenvalue weighted by molar-refractivity contribution is 0.0929. The molecule has 1 heterocycles. The van der Waals surface area contributed by atoms with E-state index < -0.39 is 5.91 Å². The monoisotopic (exact) mass is 430 g/mol. The third-order valence-electron chi connectivity index (χ3n) is 3.68. The lowest BCUT2D eigenvalue weighted by Gasteiger charge is -2.12. The van der Waals surface area contributed by atoms with E-state index in [1.165, 1.54) is 6.21 Å². The third-order valence-corrected chi connectivity index (χ3v) is 4.37. The largest absolute Gasteiger partial charge is 0.490 e. The molecule has 0 saturated carbocycles. The highest BCUT2D eigenvalue weighted by atomic mass is 79.9. The molecule has 1 amide bonds. The van der Waals surface area contributed by atoms with Crippen LogP contribution in [-0.4, -0.2) is 25.3 Å². The summed E-state index contributed by atoms with van der Waals surface area (Å²) in [5.41, 5.74) is 3.87. The van der Waals surface area contributed by atoms with E-state index in [2.05, 4.69) is 26.5 Å². The predicted octanol–water partition coefficient (Wildman–Crippen LogP) is 4.76. The van der Waals surface area contributed by atoms with Crippen LogP contribution in [0.1, 0.15) is 30.0 Å². The molecule has 27 heavy (non-hydrogen) atoms. The molecule has 2 aromatic carbocycles. The molecule has 0 aliphatic heterocycles. The maximum Gasteiger partial charge on any atom is 0.307 e. The van der Waals surface area contributed by atoms with Crippen molar-refractivity contribution in [2.24, 2.45) is 5.10 Å². The number of rotatable bonds is 7. The molecule has 0 atom stereocenters. The van der Waals surface area contributed by atoms with Crippen molar-refractivity contribution in [3.8, 4) is 11.5 Å². The zero-order chi connectivity index (χ0) is 19.2. The Morgan fingerprint density at radius 1 is 1.15 bits per heavy atom. The van der Waals surface area contributed by atoms with E-state index in [1.807, 2.05) is 44.2 Å². The first-order valence-electron chi connectivity index (χ1n) is 8.53. The molecule has 0 radical (unpaired) electrons. The van der Waals surface area contributed by atoms with Crippen molar-refractivity contribution in [3.05, 3.63) is 58.3 Å². The number of hydrazone groups is 1. The zero-order valence-electron chi connectivity index (χ0n) is 15.0. The second-order valence-electron chi connectivity index (χ2n) is 5.53. The molecule has 6 nitrogen and oxygen atoms in total. The van der Waals surface area contributed by atoms with Crippen LogP contribution >= 0.6 is 15.9 Å². The highest BCUT2D eigenvalue weighted by molar-refractivity contribution is 9.10. The Hall–Kier alpha value is -2.80. The van der Waals surface area contributed by atoms with Gasteiger partial charge in [-0.25, -0.2) is 5.43 Å². The third kappa shape index (κ3) is 4.49. The molecule has 0 spiro atoms. The maximum atomic E-state index is 12.2. The number of amides is 1.